The lowest BCUT2D eigenvalue weighted by atomic mass is 10.0. The van der Waals surface area contributed by atoms with E-state index in [9.17, 15) is 0 Å². The third-order valence-electron chi connectivity index (χ3n) is 4.54. The van der Waals surface area contributed by atoms with E-state index in [0.717, 1.165) is 45.2 Å². The fourth-order valence-corrected chi connectivity index (χ4v) is 3.17. The van der Waals surface area contributed by atoms with Crippen molar-refractivity contribution >= 4 is 5.69 Å². The van der Waals surface area contributed by atoms with Crippen molar-refractivity contribution in [1.29, 1.82) is 0 Å². The van der Waals surface area contributed by atoms with Gasteiger partial charge in [-0.15, -0.1) is 0 Å². The molecule has 0 unspecified atom stereocenters. The standard InChI is InChI=1S/C24H27NO2/c1-16(2)22-14-21(27-24-17(3)12-20(25)13-18(24)4)10-11-23(22)26-15-19-8-6-5-7-9-19/h5-14,16H,15,25H2,1-4H3. The topological polar surface area (TPSA) is 44.5 Å². The lowest BCUT2D eigenvalue weighted by molar-refractivity contribution is 0.301. The second-order valence-corrected chi connectivity index (χ2v) is 7.21. The number of ether oxygens (including phenoxy) is 2. The molecule has 0 radical (unpaired) electrons. The Hall–Kier alpha value is -2.94. The van der Waals surface area contributed by atoms with E-state index in [1.807, 2.05) is 56.3 Å². The number of hydrogen-bond donors (Lipinski definition) is 1. The molecule has 0 aromatic heterocycles. The van der Waals surface area contributed by atoms with Gasteiger partial charge in [0.2, 0.25) is 0 Å². The van der Waals surface area contributed by atoms with E-state index >= 15 is 0 Å². The zero-order valence-corrected chi connectivity index (χ0v) is 16.5. The zero-order valence-electron chi connectivity index (χ0n) is 16.5. The minimum atomic E-state index is 0.327. The molecule has 0 spiro atoms. The molecule has 3 heteroatoms. The van der Waals surface area contributed by atoms with Gasteiger partial charge in [0, 0.05) is 11.3 Å². The molecule has 2 N–H and O–H groups in total. The summed E-state index contributed by atoms with van der Waals surface area (Å²) in [7, 11) is 0. The van der Waals surface area contributed by atoms with E-state index < -0.39 is 0 Å². The van der Waals surface area contributed by atoms with E-state index in [1.54, 1.807) is 0 Å². The Kier molecular flexibility index (Phi) is 5.70. The molecular formula is C24H27NO2. The molecule has 3 aromatic carbocycles. The lowest BCUT2D eigenvalue weighted by Crippen LogP contribution is -2.01. The Morgan fingerprint density at radius 3 is 2.19 bits per heavy atom. The highest BCUT2D eigenvalue weighted by atomic mass is 16.5. The van der Waals surface area contributed by atoms with Crippen LogP contribution in [0.15, 0.2) is 60.7 Å². The van der Waals surface area contributed by atoms with Gasteiger partial charge < -0.3 is 15.2 Å². The van der Waals surface area contributed by atoms with E-state index in [0.29, 0.717) is 12.5 Å². The molecule has 0 bridgehead atoms. The molecule has 0 amide bonds. The van der Waals surface area contributed by atoms with Crippen molar-refractivity contribution in [3.05, 3.63) is 82.9 Å². The summed E-state index contributed by atoms with van der Waals surface area (Å²) in [5.41, 5.74) is 11.0. The van der Waals surface area contributed by atoms with Gasteiger partial charge in [-0.05, 0) is 66.8 Å². The molecule has 3 aromatic rings. The maximum absolute atomic E-state index is 6.19. The molecule has 140 valence electrons. The van der Waals surface area contributed by atoms with Crippen LogP contribution in [0.2, 0.25) is 0 Å². The second-order valence-electron chi connectivity index (χ2n) is 7.21. The van der Waals surface area contributed by atoms with Crippen molar-refractivity contribution in [2.24, 2.45) is 0 Å². The van der Waals surface area contributed by atoms with Crippen LogP contribution >= 0.6 is 0 Å². The van der Waals surface area contributed by atoms with Crippen LogP contribution in [0.1, 0.15) is 42.0 Å². The van der Waals surface area contributed by atoms with Crippen LogP contribution in [0, 0.1) is 13.8 Å². The van der Waals surface area contributed by atoms with Crippen LogP contribution in [0.5, 0.6) is 17.2 Å². The number of aryl methyl sites for hydroxylation is 2. The van der Waals surface area contributed by atoms with Crippen molar-refractivity contribution in [2.45, 2.75) is 40.2 Å². The molecule has 0 aliphatic heterocycles. The molecule has 3 nitrogen and oxygen atoms in total. The number of anilines is 1. The summed E-state index contributed by atoms with van der Waals surface area (Å²) in [5, 5.41) is 0. The molecule has 0 atom stereocenters. The minimum Gasteiger partial charge on any atom is -0.489 e. The van der Waals surface area contributed by atoms with Crippen LogP contribution in [-0.4, -0.2) is 0 Å². The van der Waals surface area contributed by atoms with Crippen molar-refractivity contribution < 1.29 is 9.47 Å². The Bertz CT molecular complexity index is 894. The molecule has 0 saturated heterocycles. The molecule has 0 fully saturated rings. The summed E-state index contributed by atoms with van der Waals surface area (Å²) in [6.07, 6.45) is 0. The molecule has 0 aliphatic rings. The molecule has 0 aliphatic carbocycles. The maximum atomic E-state index is 6.19. The molecule has 0 saturated carbocycles. The van der Waals surface area contributed by atoms with Gasteiger partial charge >= 0.3 is 0 Å². The summed E-state index contributed by atoms with van der Waals surface area (Å²) in [5.74, 6) is 2.89. The average molecular weight is 361 g/mol. The third-order valence-corrected chi connectivity index (χ3v) is 4.54. The Morgan fingerprint density at radius 2 is 1.56 bits per heavy atom. The lowest BCUT2D eigenvalue weighted by Gasteiger charge is -2.17. The van der Waals surface area contributed by atoms with Crippen molar-refractivity contribution in [2.75, 3.05) is 5.73 Å². The van der Waals surface area contributed by atoms with E-state index in [-0.39, 0.29) is 0 Å². The van der Waals surface area contributed by atoms with Crippen molar-refractivity contribution in [1.82, 2.24) is 0 Å². The highest BCUT2D eigenvalue weighted by Crippen LogP contribution is 2.35. The number of rotatable bonds is 6. The monoisotopic (exact) mass is 361 g/mol. The largest absolute Gasteiger partial charge is 0.489 e. The van der Waals surface area contributed by atoms with Crippen LogP contribution in [0.25, 0.3) is 0 Å². The summed E-state index contributed by atoms with van der Waals surface area (Å²) < 4.78 is 12.3. The molecule has 27 heavy (non-hydrogen) atoms. The molecule has 0 heterocycles. The van der Waals surface area contributed by atoms with E-state index in [2.05, 4.69) is 32.0 Å². The summed E-state index contributed by atoms with van der Waals surface area (Å²) >= 11 is 0. The van der Waals surface area contributed by atoms with Crippen molar-refractivity contribution in [3.63, 3.8) is 0 Å². The van der Waals surface area contributed by atoms with Crippen LogP contribution in [0.3, 0.4) is 0 Å². The fourth-order valence-electron chi connectivity index (χ4n) is 3.17. The van der Waals surface area contributed by atoms with Crippen LogP contribution in [0.4, 0.5) is 5.69 Å². The zero-order chi connectivity index (χ0) is 19.4. The second kappa shape index (κ2) is 8.17. The van der Waals surface area contributed by atoms with Gasteiger partial charge in [-0.25, -0.2) is 0 Å². The third kappa shape index (κ3) is 4.62. The van der Waals surface area contributed by atoms with Gasteiger partial charge in [0.15, 0.2) is 0 Å². The van der Waals surface area contributed by atoms with Gasteiger partial charge in [0.05, 0.1) is 0 Å². The summed E-state index contributed by atoms with van der Waals surface area (Å²) in [4.78, 5) is 0. The Morgan fingerprint density at radius 1 is 0.889 bits per heavy atom. The predicted octanol–water partition coefficient (Wildman–Crippen LogP) is 6.38. The number of hydrogen-bond acceptors (Lipinski definition) is 3. The first kappa shape index (κ1) is 18.8. The van der Waals surface area contributed by atoms with Crippen LogP contribution < -0.4 is 15.2 Å². The normalized spacial score (nSPS) is 10.9. The van der Waals surface area contributed by atoms with Crippen molar-refractivity contribution in [3.8, 4) is 17.2 Å². The first-order chi connectivity index (χ1) is 12.9. The minimum absolute atomic E-state index is 0.327. The first-order valence-corrected chi connectivity index (χ1v) is 9.29. The molecule has 3 rings (SSSR count). The SMILES string of the molecule is Cc1cc(N)cc(C)c1Oc1ccc(OCc2ccccc2)c(C(C)C)c1. The quantitative estimate of drug-likeness (QED) is 0.518. The van der Waals surface area contributed by atoms with Gasteiger partial charge in [-0.2, -0.15) is 0 Å². The van der Waals surface area contributed by atoms with E-state index in [4.69, 9.17) is 15.2 Å². The maximum Gasteiger partial charge on any atom is 0.133 e. The number of benzene rings is 3. The number of nitrogens with two attached hydrogens (primary N) is 1. The molecular weight excluding hydrogens is 334 g/mol. The van der Waals surface area contributed by atoms with E-state index in [1.165, 1.54) is 0 Å². The first-order valence-electron chi connectivity index (χ1n) is 9.29. The van der Waals surface area contributed by atoms with Gasteiger partial charge in [0.25, 0.3) is 0 Å². The smallest absolute Gasteiger partial charge is 0.133 e. The highest BCUT2D eigenvalue weighted by Gasteiger charge is 2.12. The Labute approximate surface area is 161 Å². The highest BCUT2D eigenvalue weighted by molar-refractivity contribution is 5.54. The van der Waals surface area contributed by atoms with Gasteiger partial charge in [0.1, 0.15) is 23.9 Å². The fraction of sp³-hybridized carbons (Fsp3) is 0.250. The predicted molar refractivity (Wildman–Crippen MR) is 112 cm³/mol. The van der Waals surface area contributed by atoms with Gasteiger partial charge in [-0.3, -0.25) is 0 Å². The number of nitrogen functional groups attached to an aromatic ring is 1. The Balaban J connectivity index is 1.83. The average Bonchev–Trinajstić information content (AvgIpc) is 2.64. The summed E-state index contributed by atoms with van der Waals surface area (Å²) in [6, 6.07) is 20.1. The van der Waals surface area contributed by atoms with Crippen LogP contribution in [-0.2, 0) is 6.61 Å². The van der Waals surface area contributed by atoms with Gasteiger partial charge in [-0.1, -0.05) is 44.2 Å². The summed E-state index contributed by atoms with van der Waals surface area (Å²) in [6.45, 7) is 8.90.